The average molecular weight is 459 g/mol. The van der Waals surface area contributed by atoms with Crippen LogP contribution >= 0.6 is 11.8 Å². The van der Waals surface area contributed by atoms with Crippen LogP contribution < -0.4 is 10.6 Å². The number of carbonyl (C=O) groups is 2. The molecule has 1 aromatic heterocycles. The molecule has 0 saturated heterocycles. The first kappa shape index (κ1) is 21.5. The summed E-state index contributed by atoms with van der Waals surface area (Å²) in [7, 11) is 0. The number of allylic oxidation sites excluding steroid dienone is 2. The van der Waals surface area contributed by atoms with E-state index in [1.165, 1.54) is 0 Å². The van der Waals surface area contributed by atoms with Crippen molar-refractivity contribution in [2.24, 2.45) is 5.41 Å². The molecule has 5 rings (SSSR count). The van der Waals surface area contributed by atoms with Gasteiger partial charge in [0.1, 0.15) is 17.4 Å². The summed E-state index contributed by atoms with van der Waals surface area (Å²) in [5, 5.41) is 10.9. The van der Waals surface area contributed by atoms with Crippen LogP contribution in [0.1, 0.15) is 48.7 Å². The fourth-order valence-corrected chi connectivity index (χ4v) is 5.10. The Labute approximate surface area is 197 Å². The number of hydrogen-bond acceptors (Lipinski definition) is 5. The largest absolute Gasteiger partial charge is 0.343 e. The van der Waals surface area contributed by atoms with E-state index in [2.05, 4.69) is 53.8 Å². The lowest BCUT2D eigenvalue weighted by molar-refractivity contribution is -0.118. The molecule has 168 valence electrons. The van der Waals surface area contributed by atoms with Gasteiger partial charge in [-0.2, -0.15) is 5.10 Å². The highest BCUT2D eigenvalue weighted by Gasteiger charge is 2.42. The summed E-state index contributed by atoms with van der Waals surface area (Å²) in [5.41, 5.74) is 3.64. The van der Waals surface area contributed by atoms with E-state index in [1.807, 2.05) is 36.6 Å². The van der Waals surface area contributed by atoms with E-state index in [0.717, 1.165) is 33.8 Å². The third kappa shape index (κ3) is 3.97. The van der Waals surface area contributed by atoms with Crippen molar-refractivity contribution < 1.29 is 9.59 Å². The molecule has 0 saturated carbocycles. The monoisotopic (exact) mass is 458 g/mol. The van der Waals surface area contributed by atoms with Crippen LogP contribution in [0.5, 0.6) is 0 Å². The number of benzene rings is 2. The molecule has 0 spiro atoms. The van der Waals surface area contributed by atoms with E-state index in [4.69, 9.17) is 0 Å². The summed E-state index contributed by atoms with van der Waals surface area (Å²) in [6, 6.07) is 17.2. The summed E-state index contributed by atoms with van der Waals surface area (Å²) in [5.74, 6) is 0.507. The Hall–Kier alpha value is -3.32. The summed E-state index contributed by atoms with van der Waals surface area (Å²) >= 11 is 1.68. The van der Waals surface area contributed by atoms with Crippen molar-refractivity contribution in [3.05, 3.63) is 83.2 Å². The van der Waals surface area contributed by atoms with Crippen molar-refractivity contribution in [3.63, 3.8) is 0 Å². The normalized spacial score (nSPS) is 18.9. The van der Waals surface area contributed by atoms with E-state index in [1.54, 1.807) is 22.6 Å². The van der Waals surface area contributed by atoms with Gasteiger partial charge in [0.2, 0.25) is 0 Å². The number of rotatable bonds is 4. The molecule has 1 atom stereocenters. The van der Waals surface area contributed by atoms with Crippen LogP contribution in [0.15, 0.2) is 77.0 Å². The Kier molecular flexibility index (Phi) is 5.37. The summed E-state index contributed by atoms with van der Waals surface area (Å²) in [4.78, 5) is 27.6. The lowest BCUT2D eigenvalue weighted by Crippen LogP contribution is -2.37. The minimum absolute atomic E-state index is 0.129. The van der Waals surface area contributed by atoms with Gasteiger partial charge in [-0.05, 0) is 47.9 Å². The van der Waals surface area contributed by atoms with E-state index in [9.17, 15) is 9.59 Å². The third-order valence-electron chi connectivity index (χ3n) is 6.21. The van der Waals surface area contributed by atoms with Gasteiger partial charge in [-0.15, -0.1) is 11.8 Å². The molecule has 1 amide bonds. The van der Waals surface area contributed by atoms with Crippen LogP contribution in [0, 0.1) is 5.41 Å². The van der Waals surface area contributed by atoms with E-state index < -0.39 is 0 Å². The number of carbonyl (C=O) groups excluding carboxylic acids is 2. The van der Waals surface area contributed by atoms with Crippen molar-refractivity contribution in [3.8, 4) is 0 Å². The molecule has 0 radical (unpaired) electrons. The first-order valence-corrected chi connectivity index (χ1v) is 12.2. The zero-order chi connectivity index (χ0) is 23.2. The molecule has 6 nitrogen and oxygen atoms in total. The molecule has 0 unspecified atom stereocenters. The van der Waals surface area contributed by atoms with Gasteiger partial charge in [0.15, 0.2) is 5.78 Å². The van der Waals surface area contributed by atoms with Crippen molar-refractivity contribution in [2.45, 2.75) is 37.6 Å². The maximum atomic E-state index is 13.3. The Bertz CT molecular complexity index is 1260. The van der Waals surface area contributed by atoms with Crippen molar-refractivity contribution in [2.75, 3.05) is 16.9 Å². The summed E-state index contributed by atoms with van der Waals surface area (Å²) < 4.78 is 1.78. The number of thioether (sulfide) groups is 1. The maximum absolute atomic E-state index is 13.3. The number of nitrogens with zero attached hydrogens (tertiary/aromatic N) is 2. The average Bonchev–Trinajstić information content (AvgIpc) is 3.21. The SMILES string of the molecule is CSc1ccc([C@H]2C3=C(CC(C)(C)CC3=O)Nc3c(C(=O)Nc4ccccc4)cnn32)cc1. The number of nitrogens with one attached hydrogen (secondary N) is 2. The topological polar surface area (TPSA) is 76.0 Å². The summed E-state index contributed by atoms with van der Waals surface area (Å²) in [6.07, 6.45) is 4.84. The van der Waals surface area contributed by atoms with Gasteiger partial charge in [-0.25, -0.2) is 4.68 Å². The summed E-state index contributed by atoms with van der Waals surface area (Å²) in [6.45, 7) is 4.21. The lowest BCUT2D eigenvalue weighted by Gasteiger charge is -2.39. The number of anilines is 2. The number of hydrogen-bond donors (Lipinski definition) is 2. The van der Waals surface area contributed by atoms with Gasteiger partial charge in [0.05, 0.1) is 6.20 Å². The first-order valence-electron chi connectivity index (χ1n) is 11.0. The van der Waals surface area contributed by atoms with Crippen LogP contribution in [0.3, 0.4) is 0 Å². The second-order valence-electron chi connectivity index (χ2n) is 9.31. The van der Waals surface area contributed by atoms with Crippen molar-refractivity contribution in [1.29, 1.82) is 0 Å². The molecule has 33 heavy (non-hydrogen) atoms. The second kappa shape index (κ2) is 8.23. The van der Waals surface area contributed by atoms with Gasteiger partial charge >= 0.3 is 0 Å². The highest BCUT2D eigenvalue weighted by molar-refractivity contribution is 7.98. The maximum Gasteiger partial charge on any atom is 0.261 e. The molecule has 0 bridgehead atoms. The molecule has 7 heteroatoms. The van der Waals surface area contributed by atoms with Crippen LogP contribution in [0.25, 0.3) is 0 Å². The Morgan fingerprint density at radius 1 is 1.12 bits per heavy atom. The van der Waals surface area contributed by atoms with Gasteiger partial charge < -0.3 is 10.6 Å². The van der Waals surface area contributed by atoms with Crippen molar-refractivity contribution in [1.82, 2.24) is 9.78 Å². The number of fused-ring (bicyclic) bond motifs is 1. The molecule has 2 aliphatic rings. The van der Waals surface area contributed by atoms with Crippen LogP contribution in [-0.4, -0.2) is 27.7 Å². The Morgan fingerprint density at radius 3 is 2.55 bits per heavy atom. The Balaban J connectivity index is 1.60. The molecular weight excluding hydrogens is 432 g/mol. The third-order valence-corrected chi connectivity index (χ3v) is 6.95. The first-order chi connectivity index (χ1) is 15.9. The minimum Gasteiger partial charge on any atom is -0.343 e. The van der Waals surface area contributed by atoms with E-state index in [0.29, 0.717) is 17.8 Å². The number of para-hydroxylation sites is 1. The van der Waals surface area contributed by atoms with Gasteiger partial charge in [-0.1, -0.05) is 44.2 Å². The fourth-order valence-electron chi connectivity index (χ4n) is 4.69. The number of Topliss-reactive ketones (excluding diaryl/α,β-unsaturated/α-hetero) is 1. The second-order valence-corrected chi connectivity index (χ2v) is 10.2. The standard InChI is InChI=1S/C26H26N4O2S/c1-26(2)13-20-22(21(31)14-26)23(16-9-11-18(33-3)12-10-16)30-24(29-20)19(15-27-30)25(32)28-17-7-5-4-6-8-17/h4-12,15,23,29H,13-14H2,1-3H3,(H,28,32)/t23-/m0/s1. The van der Waals surface area contributed by atoms with Gasteiger partial charge in [-0.3, -0.25) is 9.59 Å². The van der Waals surface area contributed by atoms with Crippen molar-refractivity contribution >= 4 is 35.0 Å². The molecular formula is C26H26N4O2S. The molecule has 1 aliphatic heterocycles. The zero-order valence-electron chi connectivity index (χ0n) is 18.9. The molecule has 1 aliphatic carbocycles. The van der Waals surface area contributed by atoms with Gasteiger partial charge in [0.25, 0.3) is 5.91 Å². The Morgan fingerprint density at radius 2 is 1.85 bits per heavy atom. The van der Waals surface area contributed by atoms with Crippen LogP contribution in [0.2, 0.25) is 0 Å². The minimum atomic E-state index is -0.367. The predicted molar refractivity (Wildman–Crippen MR) is 132 cm³/mol. The molecule has 2 heterocycles. The zero-order valence-corrected chi connectivity index (χ0v) is 19.7. The highest BCUT2D eigenvalue weighted by Crippen LogP contribution is 2.46. The fraction of sp³-hybridized carbons (Fsp3) is 0.269. The number of ketones is 1. The van der Waals surface area contributed by atoms with E-state index in [-0.39, 0.29) is 23.1 Å². The lowest BCUT2D eigenvalue weighted by atomic mass is 9.73. The number of aromatic nitrogens is 2. The van der Waals surface area contributed by atoms with E-state index >= 15 is 0 Å². The predicted octanol–water partition coefficient (Wildman–Crippen LogP) is 5.52. The van der Waals surface area contributed by atoms with Crippen LogP contribution in [-0.2, 0) is 4.79 Å². The quantitative estimate of drug-likeness (QED) is 0.504. The molecule has 0 fully saturated rings. The smallest absolute Gasteiger partial charge is 0.261 e. The molecule has 2 aromatic carbocycles. The molecule has 2 N–H and O–H groups in total. The van der Waals surface area contributed by atoms with Crippen LogP contribution in [0.4, 0.5) is 11.5 Å². The van der Waals surface area contributed by atoms with Gasteiger partial charge in [0, 0.05) is 28.3 Å². The highest BCUT2D eigenvalue weighted by atomic mass is 32.2. The molecule has 3 aromatic rings. The number of amides is 1.